The van der Waals surface area contributed by atoms with Crippen LogP contribution in [0.1, 0.15) is 43.7 Å². The monoisotopic (exact) mass is 466 g/mol. The molecule has 0 amide bonds. The third-order valence-corrected chi connectivity index (χ3v) is 8.00. The van der Waals surface area contributed by atoms with Crippen LogP contribution >= 0.6 is 0 Å². The standard InChI is InChI=1S/C35H30O/c1-3-4-5-6-15-27-21-33-35(31-20-26-14-10-8-12-24(26)18-29(27)31)34-30-19-25-13-9-7-11-23(25)17-28(30)22(2)16-32(34)36-33/h7-14,16-21H,3-6,15H2,1-2H3. The van der Waals surface area contributed by atoms with Gasteiger partial charge in [0.05, 0.1) is 0 Å². The molecule has 0 radical (unpaired) electrons. The first-order valence-corrected chi connectivity index (χ1v) is 13.3. The molecule has 7 rings (SSSR count). The number of fused-ring (bicyclic) bond motifs is 9. The van der Waals surface area contributed by atoms with E-state index in [4.69, 9.17) is 4.42 Å². The van der Waals surface area contributed by atoms with Gasteiger partial charge in [-0.3, -0.25) is 0 Å². The van der Waals surface area contributed by atoms with Gasteiger partial charge >= 0.3 is 0 Å². The van der Waals surface area contributed by atoms with E-state index in [2.05, 4.69) is 98.8 Å². The Balaban J connectivity index is 1.61. The minimum Gasteiger partial charge on any atom is -0.456 e. The fraction of sp³-hybridized carbons (Fsp3) is 0.200. The summed E-state index contributed by atoms with van der Waals surface area (Å²) in [4.78, 5) is 0. The second-order valence-corrected chi connectivity index (χ2v) is 10.4. The summed E-state index contributed by atoms with van der Waals surface area (Å²) in [6, 6.07) is 31.5. The summed E-state index contributed by atoms with van der Waals surface area (Å²) in [6.07, 6.45) is 6.14. The van der Waals surface area contributed by atoms with E-state index < -0.39 is 0 Å². The van der Waals surface area contributed by atoms with Gasteiger partial charge < -0.3 is 4.42 Å². The van der Waals surface area contributed by atoms with Gasteiger partial charge in [0.1, 0.15) is 11.2 Å². The van der Waals surface area contributed by atoms with Gasteiger partial charge in [-0.1, -0.05) is 74.7 Å². The molecular weight excluding hydrogens is 436 g/mol. The lowest BCUT2D eigenvalue weighted by Gasteiger charge is -2.11. The van der Waals surface area contributed by atoms with Crippen LogP contribution in [0.4, 0.5) is 0 Å². The summed E-state index contributed by atoms with van der Waals surface area (Å²) in [7, 11) is 0. The number of aryl methyl sites for hydroxylation is 2. The van der Waals surface area contributed by atoms with Crippen LogP contribution in [-0.4, -0.2) is 0 Å². The van der Waals surface area contributed by atoms with E-state index in [-0.39, 0.29) is 0 Å². The number of unbranched alkanes of at least 4 members (excludes halogenated alkanes) is 3. The molecule has 1 aromatic heterocycles. The van der Waals surface area contributed by atoms with Crippen molar-refractivity contribution in [3.05, 3.63) is 96.1 Å². The third-order valence-electron chi connectivity index (χ3n) is 8.00. The van der Waals surface area contributed by atoms with Crippen molar-refractivity contribution >= 4 is 65.0 Å². The largest absolute Gasteiger partial charge is 0.456 e. The lowest BCUT2D eigenvalue weighted by atomic mass is 9.91. The Bertz CT molecular complexity index is 1940. The van der Waals surface area contributed by atoms with Gasteiger partial charge in [0.15, 0.2) is 0 Å². The van der Waals surface area contributed by atoms with Crippen LogP contribution in [0.15, 0.2) is 89.3 Å². The summed E-state index contributed by atoms with van der Waals surface area (Å²) < 4.78 is 6.64. The predicted molar refractivity (Wildman–Crippen MR) is 156 cm³/mol. The zero-order valence-corrected chi connectivity index (χ0v) is 21.0. The smallest absolute Gasteiger partial charge is 0.136 e. The molecule has 1 heteroatoms. The topological polar surface area (TPSA) is 13.1 Å². The molecule has 0 bridgehead atoms. The lowest BCUT2D eigenvalue weighted by Crippen LogP contribution is -1.90. The van der Waals surface area contributed by atoms with Gasteiger partial charge in [0.25, 0.3) is 0 Å². The highest BCUT2D eigenvalue weighted by Crippen LogP contribution is 2.43. The lowest BCUT2D eigenvalue weighted by molar-refractivity contribution is 0.660. The van der Waals surface area contributed by atoms with Crippen molar-refractivity contribution in [3.63, 3.8) is 0 Å². The molecule has 7 aromatic rings. The molecule has 176 valence electrons. The molecule has 0 aliphatic heterocycles. The number of hydrogen-bond acceptors (Lipinski definition) is 1. The molecule has 0 N–H and O–H groups in total. The molecule has 0 saturated carbocycles. The number of benzene rings is 6. The Morgan fingerprint density at radius 1 is 0.556 bits per heavy atom. The average molecular weight is 467 g/mol. The van der Waals surface area contributed by atoms with Crippen molar-refractivity contribution in [2.24, 2.45) is 0 Å². The molecule has 6 aromatic carbocycles. The van der Waals surface area contributed by atoms with Crippen LogP contribution in [0.2, 0.25) is 0 Å². The molecule has 0 aliphatic rings. The van der Waals surface area contributed by atoms with E-state index in [1.54, 1.807) is 0 Å². The summed E-state index contributed by atoms with van der Waals surface area (Å²) in [5.74, 6) is 0. The third kappa shape index (κ3) is 3.30. The Kier molecular flexibility index (Phi) is 4.99. The second kappa shape index (κ2) is 8.38. The van der Waals surface area contributed by atoms with E-state index >= 15 is 0 Å². The van der Waals surface area contributed by atoms with Crippen LogP contribution in [0, 0.1) is 6.92 Å². The summed E-state index contributed by atoms with van der Waals surface area (Å²) in [5.41, 5.74) is 4.67. The molecular formula is C35H30O. The first-order chi connectivity index (χ1) is 17.7. The van der Waals surface area contributed by atoms with E-state index in [1.807, 2.05) is 0 Å². The summed E-state index contributed by atoms with van der Waals surface area (Å²) >= 11 is 0. The van der Waals surface area contributed by atoms with Crippen molar-refractivity contribution < 1.29 is 4.42 Å². The summed E-state index contributed by atoms with van der Waals surface area (Å²) in [5, 5.41) is 12.9. The van der Waals surface area contributed by atoms with Gasteiger partial charge in [-0.25, -0.2) is 0 Å². The number of rotatable bonds is 5. The van der Waals surface area contributed by atoms with Gasteiger partial charge in [-0.2, -0.15) is 0 Å². The minimum absolute atomic E-state index is 0.989. The molecule has 0 aliphatic carbocycles. The molecule has 1 heterocycles. The van der Waals surface area contributed by atoms with E-state index in [0.717, 1.165) is 17.6 Å². The molecule has 0 saturated heterocycles. The first-order valence-electron chi connectivity index (χ1n) is 13.3. The van der Waals surface area contributed by atoms with Crippen molar-refractivity contribution in [3.8, 4) is 0 Å². The molecule has 36 heavy (non-hydrogen) atoms. The molecule has 1 nitrogen and oxygen atoms in total. The molecule has 0 atom stereocenters. The van der Waals surface area contributed by atoms with Crippen molar-refractivity contribution in [1.82, 2.24) is 0 Å². The average Bonchev–Trinajstić information content (AvgIpc) is 3.27. The van der Waals surface area contributed by atoms with E-state index in [0.29, 0.717) is 0 Å². The van der Waals surface area contributed by atoms with Crippen molar-refractivity contribution in [1.29, 1.82) is 0 Å². The number of hydrogen-bond donors (Lipinski definition) is 0. The highest BCUT2D eigenvalue weighted by molar-refractivity contribution is 6.29. The number of furan rings is 1. The maximum absolute atomic E-state index is 6.64. The van der Waals surface area contributed by atoms with E-state index in [9.17, 15) is 0 Å². The fourth-order valence-electron chi connectivity index (χ4n) is 6.15. The Labute approximate surface area is 211 Å². The minimum atomic E-state index is 0.989. The van der Waals surface area contributed by atoms with Gasteiger partial charge in [-0.05, 0) is 110 Å². The van der Waals surface area contributed by atoms with Crippen LogP contribution < -0.4 is 0 Å². The molecule has 0 spiro atoms. The first kappa shape index (κ1) is 21.4. The highest BCUT2D eigenvalue weighted by atomic mass is 16.3. The zero-order chi connectivity index (χ0) is 24.2. The van der Waals surface area contributed by atoms with Crippen molar-refractivity contribution in [2.45, 2.75) is 46.0 Å². The maximum Gasteiger partial charge on any atom is 0.136 e. The highest BCUT2D eigenvalue weighted by Gasteiger charge is 2.18. The fourth-order valence-corrected chi connectivity index (χ4v) is 6.15. The van der Waals surface area contributed by atoms with Crippen LogP contribution in [0.3, 0.4) is 0 Å². The van der Waals surface area contributed by atoms with Gasteiger partial charge in [0, 0.05) is 10.8 Å². The predicted octanol–water partition coefficient (Wildman–Crippen LogP) is 10.6. The Morgan fingerprint density at radius 2 is 1.08 bits per heavy atom. The Morgan fingerprint density at radius 3 is 1.69 bits per heavy atom. The zero-order valence-electron chi connectivity index (χ0n) is 21.0. The van der Waals surface area contributed by atoms with Crippen LogP contribution in [-0.2, 0) is 6.42 Å². The van der Waals surface area contributed by atoms with Crippen LogP contribution in [0.25, 0.3) is 65.0 Å². The normalized spacial score (nSPS) is 12.2. The molecule has 0 unspecified atom stereocenters. The summed E-state index contributed by atoms with van der Waals surface area (Å²) in [6.45, 7) is 4.48. The molecule has 0 fully saturated rings. The quantitative estimate of drug-likeness (QED) is 0.182. The van der Waals surface area contributed by atoms with Crippen LogP contribution in [0.5, 0.6) is 0 Å². The van der Waals surface area contributed by atoms with Gasteiger partial charge in [0.2, 0.25) is 0 Å². The van der Waals surface area contributed by atoms with Gasteiger partial charge in [-0.15, -0.1) is 0 Å². The maximum atomic E-state index is 6.64. The second-order valence-electron chi connectivity index (χ2n) is 10.4. The van der Waals surface area contributed by atoms with Crippen molar-refractivity contribution in [2.75, 3.05) is 0 Å². The SMILES string of the molecule is CCCCCCc1cc2oc3cc(C)c4cc5ccccc5cc4c3c2c2cc3ccccc3cc12. The Hall–Kier alpha value is -3.84. The van der Waals surface area contributed by atoms with E-state index in [1.165, 1.54) is 90.7 Å².